The summed E-state index contributed by atoms with van der Waals surface area (Å²) in [6, 6.07) is 17.7. The third-order valence-corrected chi connectivity index (χ3v) is 8.48. The molecule has 3 aromatic carbocycles. The minimum Gasteiger partial charge on any atom is -0.494 e. The summed E-state index contributed by atoms with van der Waals surface area (Å²) in [7, 11) is 0. The topological polar surface area (TPSA) is 97.5 Å². The maximum absolute atomic E-state index is 13.4. The maximum Gasteiger partial charge on any atom is 0.307 e. The molecule has 9 rings (SSSR count). The van der Waals surface area contributed by atoms with E-state index >= 15 is 0 Å². The van der Waals surface area contributed by atoms with Gasteiger partial charge in [0.1, 0.15) is 11.3 Å². The number of carboxylic acid groups (broad SMARTS) is 1. The normalized spacial score (nSPS) is 18.5. The highest BCUT2D eigenvalue weighted by molar-refractivity contribution is 5.94. The number of aryl methyl sites for hydroxylation is 2. The Bertz CT molecular complexity index is 1580. The van der Waals surface area contributed by atoms with Crippen molar-refractivity contribution in [3.8, 4) is 5.75 Å². The van der Waals surface area contributed by atoms with E-state index in [9.17, 15) is 14.7 Å². The van der Waals surface area contributed by atoms with Crippen molar-refractivity contribution in [3.63, 3.8) is 0 Å². The molecule has 0 fully saturated rings. The van der Waals surface area contributed by atoms with Gasteiger partial charge in [0, 0.05) is 31.1 Å². The molecule has 6 heterocycles. The van der Waals surface area contributed by atoms with Crippen LogP contribution in [-0.2, 0) is 24.3 Å². The van der Waals surface area contributed by atoms with Crippen LogP contribution in [0.2, 0.25) is 0 Å². The second-order valence-electron chi connectivity index (χ2n) is 11.0. The Morgan fingerprint density at radius 2 is 1.85 bits per heavy atom. The lowest BCUT2D eigenvalue weighted by Gasteiger charge is -2.31. The Kier molecular flexibility index (Phi) is 7.00. The Labute approximate surface area is 233 Å². The Morgan fingerprint density at radius 3 is 2.65 bits per heavy atom. The molecule has 0 saturated heterocycles. The Balaban J connectivity index is 1.44. The van der Waals surface area contributed by atoms with Gasteiger partial charge in [0.05, 0.1) is 18.0 Å². The highest BCUT2D eigenvalue weighted by Gasteiger charge is 2.31. The van der Waals surface area contributed by atoms with Gasteiger partial charge < -0.3 is 14.7 Å². The molecular formula is C32H34N4O4. The lowest BCUT2D eigenvalue weighted by atomic mass is 9.78. The summed E-state index contributed by atoms with van der Waals surface area (Å²) in [6.07, 6.45) is 3.61. The monoisotopic (exact) mass is 538 g/mol. The predicted octanol–water partition coefficient (Wildman–Crippen LogP) is 5.35. The molecule has 1 amide bonds. The number of hydrogen-bond donors (Lipinski definition) is 1. The van der Waals surface area contributed by atoms with Crippen LogP contribution in [-0.4, -0.2) is 50.0 Å². The van der Waals surface area contributed by atoms with Crippen molar-refractivity contribution in [3.05, 3.63) is 88.0 Å². The summed E-state index contributed by atoms with van der Waals surface area (Å²) in [5.41, 5.74) is 7.49. The van der Waals surface area contributed by atoms with Crippen LogP contribution in [0, 0.1) is 12.8 Å². The number of ether oxygens (including phenoxy) is 1. The molecule has 5 aliphatic rings. The lowest BCUT2D eigenvalue weighted by molar-refractivity contribution is -0.141. The van der Waals surface area contributed by atoms with E-state index in [-0.39, 0.29) is 11.8 Å². The van der Waals surface area contributed by atoms with Crippen LogP contribution in [0.4, 0.5) is 0 Å². The van der Waals surface area contributed by atoms with Gasteiger partial charge in [-0.15, -0.1) is 5.10 Å². The smallest absolute Gasteiger partial charge is 0.307 e. The molecule has 40 heavy (non-hydrogen) atoms. The molecule has 4 aromatic rings. The van der Waals surface area contributed by atoms with Crippen LogP contribution in [0.3, 0.4) is 0 Å². The van der Waals surface area contributed by atoms with Gasteiger partial charge in [0.25, 0.3) is 5.91 Å². The fourth-order valence-electron chi connectivity index (χ4n) is 6.12. The van der Waals surface area contributed by atoms with E-state index in [4.69, 9.17) is 4.74 Å². The number of hydrogen-bond acceptors (Lipinski definition) is 5. The first-order chi connectivity index (χ1) is 19.4. The fraction of sp³-hybridized carbons (Fsp3) is 0.375. The highest BCUT2D eigenvalue weighted by Crippen LogP contribution is 2.38. The van der Waals surface area contributed by atoms with Crippen molar-refractivity contribution in [2.24, 2.45) is 5.92 Å². The molecule has 0 spiro atoms. The molecule has 206 valence electrons. The molecule has 0 aliphatic carbocycles. The number of carboxylic acids is 1. The SMILES string of the molecule is Cc1c2ccc3c1nnn3CCCCCOc1ccc(cc1)C(=O)N1CCc3ccc(cc3C1)[C@@H]2[C@@H](C)C(=O)O. The minimum atomic E-state index is -0.850. The molecular weight excluding hydrogens is 504 g/mol. The fourth-order valence-corrected chi connectivity index (χ4v) is 6.12. The molecule has 5 aliphatic heterocycles. The van der Waals surface area contributed by atoms with Crippen LogP contribution in [0.5, 0.6) is 5.75 Å². The average molecular weight is 539 g/mol. The summed E-state index contributed by atoms with van der Waals surface area (Å²) >= 11 is 0. The van der Waals surface area contributed by atoms with Gasteiger partial charge in [0.15, 0.2) is 0 Å². The third kappa shape index (κ3) is 4.83. The van der Waals surface area contributed by atoms with E-state index in [2.05, 4.69) is 28.5 Å². The van der Waals surface area contributed by atoms with Gasteiger partial charge in [-0.05, 0) is 90.8 Å². The second-order valence-corrected chi connectivity index (χ2v) is 11.0. The second kappa shape index (κ2) is 10.8. The van der Waals surface area contributed by atoms with E-state index in [1.54, 1.807) is 6.92 Å². The van der Waals surface area contributed by atoms with Gasteiger partial charge in [0.2, 0.25) is 0 Å². The lowest BCUT2D eigenvalue weighted by Crippen LogP contribution is -2.36. The van der Waals surface area contributed by atoms with E-state index in [1.807, 2.05) is 52.9 Å². The van der Waals surface area contributed by atoms with Crippen molar-refractivity contribution < 1.29 is 19.4 Å². The molecule has 2 atom stereocenters. The van der Waals surface area contributed by atoms with Gasteiger partial charge in [-0.3, -0.25) is 9.59 Å². The number of benzene rings is 3. The number of aromatic nitrogens is 3. The molecule has 8 heteroatoms. The van der Waals surface area contributed by atoms with Crippen LogP contribution < -0.4 is 4.74 Å². The molecule has 0 saturated carbocycles. The predicted molar refractivity (Wildman–Crippen MR) is 152 cm³/mol. The quantitative estimate of drug-likeness (QED) is 0.369. The summed E-state index contributed by atoms with van der Waals surface area (Å²) in [6.45, 7) is 6.27. The molecule has 8 nitrogen and oxygen atoms in total. The van der Waals surface area contributed by atoms with Crippen LogP contribution in [0.25, 0.3) is 11.0 Å². The summed E-state index contributed by atoms with van der Waals surface area (Å²) in [5, 5.41) is 19.1. The van der Waals surface area contributed by atoms with Gasteiger partial charge >= 0.3 is 5.97 Å². The number of carbonyl (C=O) groups is 2. The number of rotatable bonds is 2. The van der Waals surface area contributed by atoms with Crippen molar-refractivity contribution in [1.29, 1.82) is 0 Å². The largest absolute Gasteiger partial charge is 0.494 e. The van der Waals surface area contributed by atoms with Crippen molar-refractivity contribution >= 4 is 22.9 Å². The Morgan fingerprint density at radius 1 is 1.02 bits per heavy atom. The molecule has 0 unspecified atom stereocenters. The van der Waals surface area contributed by atoms with Crippen LogP contribution in [0.1, 0.15) is 70.3 Å². The first kappa shape index (κ1) is 26.0. The van der Waals surface area contributed by atoms with E-state index in [0.717, 1.165) is 71.3 Å². The first-order valence-corrected chi connectivity index (χ1v) is 14.1. The van der Waals surface area contributed by atoms with Gasteiger partial charge in [-0.1, -0.05) is 36.4 Å². The van der Waals surface area contributed by atoms with Crippen molar-refractivity contribution in [2.75, 3.05) is 13.2 Å². The van der Waals surface area contributed by atoms with Crippen LogP contribution in [0.15, 0.2) is 54.6 Å². The van der Waals surface area contributed by atoms with E-state index < -0.39 is 11.9 Å². The zero-order chi connectivity index (χ0) is 27.8. The molecule has 0 radical (unpaired) electrons. The molecule has 1 aromatic heterocycles. The molecule has 1 N–H and O–H groups in total. The van der Waals surface area contributed by atoms with Gasteiger partial charge in [-0.2, -0.15) is 0 Å². The summed E-state index contributed by atoms with van der Waals surface area (Å²) in [5.74, 6) is -1.12. The number of carbonyl (C=O) groups excluding carboxylic acids is 1. The van der Waals surface area contributed by atoms with Gasteiger partial charge in [-0.25, -0.2) is 4.68 Å². The minimum absolute atomic E-state index is 0.00965. The molecule has 9 bridgehead atoms. The third-order valence-electron chi connectivity index (χ3n) is 8.48. The zero-order valence-corrected chi connectivity index (χ0v) is 23.0. The van der Waals surface area contributed by atoms with E-state index in [0.29, 0.717) is 25.3 Å². The summed E-state index contributed by atoms with van der Waals surface area (Å²) in [4.78, 5) is 27.6. The van der Waals surface area contributed by atoms with Crippen molar-refractivity contribution in [1.82, 2.24) is 19.9 Å². The van der Waals surface area contributed by atoms with E-state index in [1.165, 1.54) is 5.56 Å². The maximum atomic E-state index is 13.4. The summed E-state index contributed by atoms with van der Waals surface area (Å²) < 4.78 is 7.86. The number of aliphatic carboxylic acids is 1. The highest BCUT2D eigenvalue weighted by atomic mass is 16.5. The standard InChI is InChI=1S/C32H34N4O4/c1-20-27-12-13-28-30(20)33-34-36(28)15-4-3-5-17-40-26-10-8-23(9-11-26)31(37)35-16-14-22-6-7-24(18-25(22)19-35)29(27)21(2)32(38)39/h6-13,18,21,29H,3-5,14-17,19H2,1-2H3,(H,38,39)/t21-,29+/m1/s1. The first-order valence-electron chi connectivity index (χ1n) is 14.1. The number of amides is 1. The van der Waals surface area contributed by atoms with Crippen LogP contribution >= 0.6 is 0 Å². The Hall–Kier alpha value is -4.20. The zero-order valence-electron chi connectivity index (χ0n) is 23.0. The average Bonchev–Trinajstić information content (AvgIpc) is 3.39. The number of nitrogens with zero attached hydrogens (tertiary/aromatic N) is 4. The van der Waals surface area contributed by atoms with Crippen molar-refractivity contribution in [2.45, 2.75) is 58.5 Å².